The van der Waals surface area contributed by atoms with Crippen molar-refractivity contribution in [2.75, 3.05) is 32.8 Å². The van der Waals surface area contributed by atoms with Crippen LogP contribution in [0.4, 0.5) is 0 Å². The molecule has 1 fully saturated rings. The third kappa shape index (κ3) is 4.70. The normalized spacial score (nSPS) is 19.2. The van der Waals surface area contributed by atoms with E-state index < -0.39 is 0 Å². The van der Waals surface area contributed by atoms with Gasteiger partial charge in [-0.3, -0.25) is 15.1 Å². The summed E-state index contributed by atoms with van der Waals surface area (Å²) in [5, 5.41) is 0. The number of hydrazine groups is 1. The molecule has 0 spiro atoms. The summed E-state index contributed by atoms with van der Waals surface area (Å²) < 4.78 is 11.3. The van der Waals surface area contributed by atoms with Crippen LogP contribution in [0.25, 0.3) is 0 Å². The van der Waals surface area contributed by atoms with Crippen molar-refractivity contribution in [3.8, 4) is 5.75 Å². The number of carbonyl (C=O) groups excluding carboxylic acids is 1. The second-order valence-corrected chi connectivity index (χ2v) is 5.05. The van der Waals surface area contributed by atoms with E-state index in [0.29, 0.717) is 24.0 Å². The number of ether oxygens (including phenoxy) is 2. The van der Waals surface area contributed by atoms with Gasteiger partial charge in [-0.1, -0.05) is 13.0 Å². The summed E-state index contributed by atoms with van der Waals surface area (Å²) in [5.74, 6) is 5.48. The van der Waals surface area contributed by atoms with Crippen LogP contribution in [0.1, 0.15) is 23.7 Å². The molecule has 1 heterocycles. The average molecular weight is 293 g/mol. The predicted octanol–water partition coefficient (Wildman–Crippen LogP) is 0.780. The Kier molecular flexibility index (Phi) is 5.98. The van der Waals surface area contributed by atoms with Crippen LogP contribution in [0.3, 0.4) is 0 Å². The van der Waals surface area contributed by atoms with E-state index in [1.165, 1.54) is 0 Å². The van der Waals surface area contributed by atoms with Crippen LogP contribution in [-0.2, 0) is 4.74 Å². The molecule has 0 aliphatic carbocycles. The summed E-state index contributed by atoms with van der Waals surface area (Å²) >= 11 is 0. The molecule has 1 aliphatic rings. The van der Waals surface area contributed by atoms with Gasteiger partial charge in [0.05, 0.1) is 12.7 Å². The van der Waals surface area contributed by atoms with Crippen molar-refractivity contribution in [2.24, 2.45) is 5.84 Å². The lowest BCUT2D eigenvalue weighted by Crippen LogP contribution is -2.43. The molecule has 0 saturated carbocycles. The second kappa shape index (κ2) is 7.97. The molecule has 21 heavy (non-hydrogen) atoms. The zero-order valence-corrected chi connectivity index (χ0v) is 12.4. The minimum atomic E-state index is -0.320. The highest BCUT2D eigenvalue weighted by Gasteiger charge is 2.18. The van der Waals surface area contributed by atoms with Gasteiger partial charge in [0.15, 0.2) is 0 Å². The van der Waals surface area contributed by atoms with E-state index in [4.69, 9.17) is 15.3 Å². The van der Waals surface area contributed by atoms with E-state index in [1.807, 2.05) is 6.07 Å². The molecule has 2 rings (SSSR count). The van der Waals surface area contributed by atoms with Crippen molar-refractivity contribution < 1.29 is 14.3 Å². The van der Waals surface area contributed by atoms with E-state index in [1.54, 1.807) is 18.2 Å². The molecule has 0 aromatic heterocycles. The molecular weight excluding hydrogens is 270 g/mol. The maximum atomic E-state index is 11.4. The number of morpholine rings is 1. The Morgan fingerprint density at radius 3 is 3.19 bits per heavy atom. The minimum absolute atomic E-state index is 0.320. The van der Waals surface area contributed by atoms with Crippen molar-refractivity contribution in [1.82, 2.24) is 10.3 Å². The van der Waals surface area contributed by atoms with Crippen LogP contribution < -0.4 is 16.0 Å². The first-order chi connectivity index (χ1) is 10.2. The molecule has 6 heteroatoms. The van der Waals surface area contributed by atoms with Crippen LogP contribution in [0.5, 0.6) is 5.75 Å². The van der Waals surface area contributed by atoms with Crippen molar-refractivity contribution in [2.45, 2.75) is 19.4 Å². The number of nitrogen functional groups attached to an aromatic ring is 1. The number of benzene rings is 1. The molecule has 0 bridgehead atoms. The number of rotatable bonds is 6. The van der Waals surface area contributed by atoms with Crippen LogP contribution in [0, 0.1) is 0 Å². The molecule has 1 amide bonds. The molecule has 1 aromatic carbocycles. The Bertz CT molecular complexity index is 467. The Morgan fingerprint density at radius 2 is 2.43 bits per heavy atom. The lowest BCUT2D eigenvalue weighted by atomic mass is 10.2. The monoisotopic (exact) mass is 293 g/mol. The molecule has 116 valence electrons. The van der Waals surface area contributed by atoms with E-state index in [0.717, 1.165) is 32.7 Å². The number of hydrogen-bond donors (Lipinski definition) is 2. The standard InChI is InChI=1S/C15H23N3O3/c1-2-13-11-18(6-8-20-13)7-9-21-14-5-3-4-12(10-14)15(19)17-16/h3-5,10,13H,2,6-9,11,16H2,1H3,(H,17,19). The Labute approximate surface area is 125 Å². The molecule has 1 aliphatic heterocycles. The second-order valence-electron chi connectivity index (χ2n) is 5.05. The Hall–Kier alpha value is -1.63. The van der Waals surface area contributed by atoms with E-state index >= 15 is 0 Å². The zero-order valence-electron chi connectivity index (χ0n) is 12.4. The Balaban J connectivity index is 1.79. The van der Waals surface area contributed by atoms with Crippen molar-refractivity contribution >= 4 is 5.91 Å². The fourth-order valence-electron chi connectivity index (χ4n) is 2.33. The predicted molar refractivity (Wildman–Crippen MR) is 80.1 cm³/mol. The first-order valence-electron chi connectivity index (χ1n) is 7.30. The van der Waals surface area contributed by atoms with Gasteiger partial charge in [-0.25, -0.2) is 5.84 Å². The van der Waals surface area contributed by atoms with Gasteiger partial charge >= 0.3 is 0 Å². The largest absolute Gasteiger partial charge is 0.492 e. The number of amides is 1. The molecule has 1 aromatic rings. The third-order valence-electron chi connectivity index (χ3n) is 3.58. The van der Waals surface area contributed by atoms with Gasteiger partial charge in [0.1, 0.15) is 12.4 Å². The summed E-state index contributed by atoms with van der Waals surface area (Å²) in [6.45, 7) is 6.26. The van der Waals surface area contributed by atoms with Gasteiger partial charge in [-0.05, 0) is 24.6 Å². The van der Waals surface area contributed by atoms with Crippen LogP contribution >= 0.6 is 0 Å². The topological polar surface area (TPSA) is 76.8 Å². The van der Waals surface area contributed by atoms with Gasteiger partial charge in [-0.2, -0.15) is 0 Å². The summed E-state index contributed by atoms with van der Waals surface area (Å²) in [4.78, 5) is 13.8. The Morgan fingerprint density at radius 1 is 1.57 bits per heavy atom. The van der Waals surface area contributed by atoms with Gasteiger partial charge in [0, 0.05) is 25.2 Å². The molecule has 6 nitrogen and oxygen atoms in total. The third-order valence-corrected chi connectivity index (χ3v) is 3.58. The highest BCUT2D eigenvalue weighted by Crippen LogP contribution is 2.14. The minimum Gasteiger partial charge on any atom is -0.492 e. The summed E-state index contributed by atoms with van der Waals surface area (Å²) in [5.41, 5.74) is 2.60. The summed E-state index contributed by atoms with van der Waals surface area (Å²) in [6.07, 6.45) is 1.36. The van der Waals surface area contributed by atoms with E-state index in [2.05, 4.69) is 17.2 Å². The lowest BCUT2D eigenvalue weighted by Gasteiger charge is -2.32. The van der Waals surface area contributed by atoms with Crippen LogP contribution in [-0.4, -0.2) is 49.8 Å². The average Bonchev–Trinajstić information content (AvgIpc) is 2.54. The lowest BCUT2D eigenvalue weighted by molar-refractivity contribution is -0.0324. The van der Waals surface area contributed by atoms with Gasteiger partial charge in [-0.15, -0.1) is 0 Å². The quantitative estimate of drug-likeness (QED) is 0.460. The van der Waals surface area contributed by atoms with Crippen molar-refractivity contribution in [1.29, 1.82) is 0 Å². The first kappa shape index (κ1) is 15.8. The van der Waals surface area contributed by atoms with Gasteiger partial charge < -0.3 is 9.47 Å². The fraction of sp³-hybridized carbons (Fsp3) is 0.533. The van der Waals surface area contributed by atoms with Gasteiger partial charge in [0.25, 0.3) is 5.91 Å². The molecule has 3 N–H and O–H groups in total. The van der Waals surface area contributed by atoms with E-state index in [9.17, 15) is 4.79 Å². The molecule has 1 atom stereocenters. The molecule has 1 unspecified atom stereocenters. The number of hydrogen-bond acceptors (Lipinski definition) is 5. The number of nitrogens with one attached hydrogen (secondary N) is 1. The SMILES string of the molecule is CCC1CN(CCOc2cccc(C(=O)NN)c2)CCO1. The summed E-state index contributed by atoms with van der Waals surface area (Å²) in [7, 11) is 0. The fourth-order valence-corrected chi connectivity index (χ4v) is 2.33. The highest BCUT2D eigenvalue weighted by atomic mass is 16.5. The van der Waals surface area contributed by atoms with E-state index in [-0.39, 0.29) is 5.91 Å². The number of nitrogens with zero attached hydrogens (tertiary/aromatic N) is 1. The van der Waals surface area contributed by atoms with Crippen molar-refractivity contribution in [3.63, 3.8) is 0 Å². The smallest absolute Gasteiger partial charge is 0.265 e. The zero-order chi connectivity index (χ0) is 15.1. The van der Waals surface area contributed by atoms with Crippen LogP contribution in [0.2, 0.25) is 0 Å². The maximum Gasteiger partial charge on any atom is 0.265 e. The molecule has 1 saturated heterocycles. The van der Waals surface area contributed by atoms with Crippen molar-refractivity contribution in [3.05, 3.63) is 29.8 Å². The number of carbonyl (C=O) groups is 1. The van der Waals surface area contributed by atoms with Crippen LogP contribution in [0.15, 0.2) is 24.3 Å². The first-order valence-corrected chi connectivity index (χ1v) is 7.30. The molecule has 0 radical (unpaired) electrons. The molecular formula is C15H23N3O3. The van der Waals surface area contributed by atoms with Gasteiger partial charge in [0.2, 0.25) is 0 Å². The number of nitrogens with two attached hydrogens (primary N) is 1. The summed E-state index contributed by atoms with van der Waals surface area (Å²) in [6, 6.07) is 7.00. The maximum absolute atomic E-state index is 11.4. The highest BCUT2D eigenvalue weighted by molar-refractivity contribution is 5.94.